The molecule has 1 aromatic rings. The summed E-state index contributed by atoms with van der Waals surface area (Å²) in [6.45, 7) is 3.13. The summed E-state index contributed by atoms with van der Waals surface area (Å²) in [5.74, 6) is 2.47. The maximum Gasteiger partial charge on any atom is 0.137 e. The van der Waals surface area contributed by atoms with E-state index < -0.39 is 0 Å². The first kappa shape index (κ1) is 19.5. The number of halogens is 1. The van der Waals surface area contributed by atoms with Gasteiger partial charge in [0.15, 0.2) is 0 Å². The highest BCUT2D eigenvalue weighted by Crippen LogP contribution is 2.41. The molecule has 3 nitrogen and oxygen atoms in total. The zero-order chi connectivity index (χ0) is 19.8. The number of carbonyl (C=O) groups is 1. The zero-order valence-electron chi connectivity index (χ0n) is 17.2. The summed E-state index contributed by atoms with van der Waals surface area (Å²) in [4.78, 5) is 19.7. The molecule has 2 fully saturated rings. The van der Waals surface area contributed by atoms with E-state index in [1.807, 2.05) is 18.4 Å². The molecule has 154 valence electrons. The van der Waals surface area contributed by atoms with Crippen molar-refractivity contribution in [3.63, 3.8) is 0 Å². The van der Waals surface area contributed by atoms with Gasteiger partial charge in [0.05, 0.1) is 6.54 Å². The Morgan fingerprint density at radius 2 is 1.90 bits per heavy atom. The quantitative estimate of drug-likeness (QED) is 0.691. The highest BCUT2D eigenvalue weighted by atomic mass is 35.5. The number of ketones is 1. The molecule has 4 atom stereocenters. The number of aliphatic imine (C=N–C) groups is 1. The van der Waals surface area contributed by atoms with Crippen LogP contribution in [0.5, 0.6) is 0 Å². The Balaban J connectivity index is 1.23. The number of Topliss-reactive ketones (excluding diaryl/α,β-unsaturated/α-hetero) is 1. The molecule has 0 radical (unpaired) electrons. The molecule has 0 spiro atoms. The number of nitrogens with zero attached hydrogens (tertiary/aromatic N) is 2. The Morgan fingerprint density at radius 1 is 1.10 bits per heavy atom. The van der Waals surface area contributed by atoms with E-state index >= 15 is 0 Å². The van der Waals surface area contributed by atoms with Gasteiger partial charge in [-0.05, 0) is 78.3 Å². The fourth-order valence-electron chi connectivity index (χ4n) is 6.28. The lowest BCUT2D eigenvalue weighted by Gasteiger charge is -2.38. The molecular formula is C25H31ClN2O. The van der Waals surface area contributed by atoms with E-state index in [1.54, 1.807) is 0 Å². The van der Waals surface area contributed by atoms with Crippen molar-refractivity contribution in [3.05, 3.63) is 46.0 Å². The number of benzene rings is 1. The number of likely N-dealkylation sites (tertiary alicyclic amines) is 1. The van der Waals surface area contributed by atoms with Crippen LogP contribution in [-0.4, -0.2) is 42.6 Å². The monoisotopic (exact) mass is 410 g/mol. The number of hydrogen-bond acceptors (Lipinski definition) is 3. The molecule has 29 heavy (non-hydrogen) atoms. The van der Waals surface area contributed by atoms with Gasteiger partial charge in [-0.25, -0.2) is 0 Å². The van der Waals surface area contributed by atoms with Crippen molar-refractivity contribution in [1.82, 2.24) is 4.90 Å². The van der Waals surface area contributed by atoms with Gasteiger partial charge < -0.3 is 0 Å². The average Bonchev–Trinajstić information content (AvgIpc) is 3.35. The molecule has 0 aromatic heterocycles. The molecule has 1 saturated heterocycles. The lowest BCUT2D eigenvalue weighted by atomic mass is 9.78. The van der Waals surface area contributed by atoms with Gasteiger partial charge in [0.25, 0.3) is 0 Å². The van der Waals surface area contributed by atoms with Crippen LogP contribution in [0.1, 0.15) is 49.7 Å². The van der Waals surface area contributed by atoms with Crippen molar-refractivity contribution in [2.24, 2.45) is 22.7 Å². The van der Waals surface area contributed by atoms with Crippen LogP contribution in [0, 0.1) is 17.8 Å². The predicted octanol–water partition coefficient (Wildman–Crippen LogP) is 4.91. The highest BCUT2D eigenvalue weighted by molar-refractivity contribution is 6.30. The van der Waals surface area contributed by atoms with Crippen LogP contribution in [-0.2, 0) is 17.6 Å². The smallest absolute Gasteiger partial charge is 0.137 e. The zero-order valence-corrected chi connectivity index (χ0v) is 17.9. The Morgan fingerprint density at radius 3 is 2.69 bits per heavy atom. The summed E-state index contributed by atoms with van der Waals surface area (Å²) >= 11 is 6.24. The SMILES string of the molecule is O=C(CC1=CC=NC1)CC1CCCCC1N1CC2Cc3ccc(Cl)cc3CC2C1. The molecule has 4 unspecified atom stereocenters. The Bertz CT molecular complexity index is 845. The largest absolute Gasteiger partial charge is 0.300 e. The Hall–Kier alpha value is -1.45. The van der Waals surface area contributed by atoms with Crippen molar-refractivity contribution in [2.75, 3.05) is 19.6 Å². The van der Waals surface area contributed by atoms with E-state index in [0.717, 1.165) is 29.8 Å². The van der Waals surface area contributed by atoms with Crippen LogP contribution >= 0.6 is 11.6 Å². The van der Waals surface area contributed by atoms with Crippen molar-refractivity contribution >= 4 is 23.6 Å². The maximum absolute atomic E-state index is 12.7. The lowest BCUT2D eigenvalue weighted by molar-refractivity contribution is -0.120. The molecule has 0 N–H and O–H groups in total. The minimum absolute atomic E-state index is 0.414. The molecule has 5 rings (SSSR count). The Labute approximate surface area is 179 Å². The predicted molar refractivity (Wildman–Crippen MR) is 119 cm³/mol. The van der Waals surface area contributed by atoms with Crippen molar-refractivity contribution in [3.8, 4) is 0 Å². The third-order valence-corrected chi connectivity index (χ3v) is 7.93. The van der Waals surface area contributed by atoms with E-state index in [9.17, 15) is 4.79 Å². The van der Waals surface area contributed by atoms with E-state index in [1.165, 1.54) is 68.3 Å². The van der Waals surface area contributed by atoms with Crippen molar-refractivity contribution in [1.29, 1.82) is 0 Å². The topological polar surface area (TPSA) is 32.7 Å². The average molecular weight is 411 g/mol. The van der Waals surface area contributed by atoms with Crippen LogP contribution in [0.4, 0.5) is 0 Å². The lowest BCUT2D eigenvalue weighted by Crippen LogP contribution is -2.42. The Kier molecular flexibility index (Phi) is 5.62. The number of allylic oxidation sites excluding steroid dienone is 1. The molecule has 0 amide bonds. The summed E-state index contributed by atoms with van der Waals surface area (Å²) in [5, 5.41) is 0.866. The molecular weight excluding hydrogens is 380 g/mol. The van der Waals surface area contributed by atoms with Crippen LogP contribution in [0.2, 0.25) is 5.02 Å². The molecule has 1 saturated carbocycles. The van der Waals surface area contributed by atoms with E-state index in [0.29, 0.717) is 24.2 Å². The summed E-state index contributed by atoms with van der Waals surface area (Å²) in [6, 6.07) is 7.05. The normalized spacial score (nSPS) is 31.4. The van der Waals surface area contributed by atoms with Gasteiger partial charge in [-0.1, -0.05) is 30.5 Å². The van der Waals surface area contributed by atoms with Gasteiger partial charge in [-0.15, -0.1) is 0 Å². The first-order chi connectivity index (χ1) is 14.2. The minimum atomic E-state index is 0.414. The van der Waals surface area contributed by atoms with Gasteiger partial charge >= 0.3 is 0 Å². The third kappa shape index (κ3) is 4.22. The van der Waals surface area contributed by atoms with Gasteiger partial charge in [0.2, 0.25) is 0 Å². The second-order valence-electron chi connectivity index (χ2n) is 9.64. The molecule has 0 bridgehead atoms. The van der Waals surface area contributed by atoms with Gasteiger partial charge in [-0.3, -0.25) is 14.7 Å². The van der Waals surface area contributed by atoms with Crippen molar-refractivity contribution in [2.45, 2.75) is 57.4 Å². The first-order valence-electron chi connectivity index (χ1n) is 11.4. The second-order valence-corrected chi connectivity index (χ2v) is 10.1. The van der Waals surface area contributed by atoms with Gasteiger partial charge in [0.1, 0.15) is 5.78 Å². The maximum atomic E-state index is 12.7. The van der Waals surface area contributed by atoms with Gasteiger partial charge in [-0.2, -0.15) is 0 Å². The summed E-state index contributed by atoms with van der Waals surface area (Å²) < 4.78 is 0. The summed E-state index contributed by atoms with van der Waals surface area (Å²) in [7, 11) is 0. The summed E-state index contributed by atoms with van der Waals surface area (Å²) in [5.41, 5.74) is 4.15. The highest BCUT2D eigenvalue weighted by Gasteiger charge is 2.41. The van der Waals surface area contributed by atoms with Crippen LogP contribution < -0.4 is 0 Å². The van der Waals surface area contributed by atoms with E-state index in [-0.39, 0.29) is 0 Å². The molecule has 2 aliphatic carbocycles. The van der Waals surface area contributed by atoms with E-state index in [4.69, 9.17) is 11.6 Å². The van der Waals surface area contributed by atoms with Crippen LogP contribution in [0.15, 0.2) is 34.8 Å². The fourth-order valence-corrected chi connectivity index (χ4v) is 6.47. The number of fused-ring (bicyclic) bond motifs is 2. The van der Waals surface area contributed by atoms with Crippen molar-refractivity contribution < 1.29 is 4.79 Å². The summed E-state index contributed by atoms with van der Waals surface area (Å²) in [6.07, 6.45) is 12.7. The fraction of sp³-hybridized carbons (Fsp3) is 0.600. The molecule has 4 heteroatoms. The first-order valence-corrected chi connectivity index (χ1v) is 11.7. The molecule has 2 aliphatic heterocycles. The van der Waals surface area contributed by atoms with Crippen LogP contribution in [0.3, 0.4) is 0 Å². The third-order valence-electron chi connectivity index (χ3n) is 7.70. The molecule has 4 aliphatic rings. The minimum Gasteiger partial charge on any atom is -0.300 e. The second kappa shape index (κ2) is 8.35. The molecule has 2 heterocycles. The molecule has 1 aromatic carbocycles. The number of carbonyl (C=O) groups excluding carboxylic acids is 1. The van der Waals surface area contributed by atoms with E-state index in [2.05, 4.69) is 22.0 Å². The van der Waals surface area contributed by atoms with Gasteiger partial charge in [0, 0.05) is 43.2 Å². The number of rotatable bonds is 5. The number of hydrogen-bond donors (Lipinski definition) is 0. The standard InChI is InChI=1S/C25H31ClN2O/c26-23-6-5-18-10-21-15-28(16-22(21)11-20(18)12-23)25-4-2-1-3-19(25)13-24(29)9-17-7-8-27-14-17/h5-8,12,19,21-22,25H,1-4,9-11,13-16H2. The van der Waals surface area contributed by atoms with Crippen LogP contribution in [0.25, 0.3) is 0 Å².